The van der Waals surface area contributed by atoms with Gasteiger partial charge in [-0.1, -0.05) is 6.07 Å². The molecule has 4 rings (SSSR count). The number of carbonyl (C=O) groups is 1. The summed E-state index contributed by atoms with van der Waals surface area (Å²) in [5.41, 5.74) is -0.114. The van der Waals surface area contributed by atoms with Gasteiger partial charge in [-0.25, -0.2) is 28.7 Å². The predicted molar refractivity (Wildman–Crippen MR) is 158 cm³/mol. The summed E-state index contributed by atoms with van der Waals surface area (Å²) in [4.78, 5) is 16.8. The summed E-state index contributed by atoms with van der Waals surface area (Å²) >= 11 is 5.67. The van der Waals surface area contributed by atoms with Gasteiger partial charge in [0.2, 0.25) is 0 Å². The van der Waals surface area contributed by atoms with Crippen molar-refractivity contribution in [2.24, 2.45) is 0 Å². The molecule has 1 saturated heterocycles. The Morgan fingerprint density at radius 2 is 1.98 bits per heavy atom. The number of rotatable bonds is 8. The number of ether oxygens (including phenoxy) is 3. The highest BCUT2D eigenvalue weighted by molar-refractivity contribution is 7.80. The molecule has 3 N–H and O–H groups in total. The number of aliphatic hydroxyl groups is 1. The molecule has 0 spiro atoms. The van der Waals surface area contributed by atoms with Gasteiger partial charge < -0.3 is 24.6 Å². The van der Waals surface area contributed by atoms with E-state index in [0.29, 0.717) is 24.1 Å². The van der Waals surface area contributed by atoms with Crippen molar-refractivity contribution in [3.8, 4) is 5.75 Å². The molecule has 1 amide bonds. The van der Waals surface area contributed by atoms with E-state index in [1.165, 1.54) is 24.3 Å². The summed E-state index contributed by atoms with van der Waals surface area (Å²) < 4.78 is 47.3. The molecule has 1 aliphatic rings. The predicted octanol–water partition coefficient (Wildman–Crippen LogP) is 4.88. The molecule has 1 aliphatic heterocycles. The molecule has 0 saturated carbocycles. The van der Waals surface area contributed by atoms with E-state index in [1.54, 1.807) is 45.0 Å². The van der Waals surface area contributed by atoms with Gasteiger partial charge in [-0.05, 0) is 83.1 Å². The highest BCUT2D eigenvalue weighted by Gasteiger charge is 2.44. The Morgan fingerprint density at radius 3 is 2.58 bits per heavy atom. The summed E-state index contributed by atoms with van der Waals surface area (Å²) in [5, 5.41) is 20.3. The van der Waals surface area contributed by atoms with E-state index < -0.39 is 35.0 Å². The van der Waals surface area contributed by atoms with Crippen LogP contribution in [-0.4, -0.2) is 60.6 Å². The van der Waals surface area contributed by atoms with Crippen LogP contribution in [0.4, 0.5) is 19.3 Å². The van der Waals surface area contributed by atoms with Crippen LogP contribution in [0.25, 0.3) is 0 Å². The van der Waals surface area contributed by atoms with Crippen LogP contribution in [0, 0.1) is 11.6 Å². The largest absolute Gasteiger partial charge is 0.465 e. The second kappa shape index (κ2) is 13.6. The van der Waals surface area contributed by atoms with Crippen LogP contribution in [0.3, 0.4) is 0 Å². The zero-order chi connectivity index (χ0) is 31.2. The van der Waals surface area contributed by atoms with E-state index in [9.17, 15) is 14.3 Å². The quantitative estimate of drug-likeness (QED) is 0.238. The Morgan fingerprint density at radius 1 is 1.23 bits per heavy atom. The summed E-state index contributed by atoms with van der Waals surface area (Å²) in [6.45, 7) is 6.92. The Balaban J connectivity index is 1.62. The first-order valence-corrected chi connectivity index (χ1v) is 14.2. The molecule has 0 bridgehead atoms. The molecular formula is C29H36F2N6O5S. The fourth-order valence-electron chi connectivity index (χ4n) is 4.54. The lowest BCUT2D eigenvalue weighted by Crippen LogP contribution is -2.61. The zero-order valence-electron chi connectivity index (χ0n) is 24.4. The molecule has 0 radical (unpaired) electrons. The Bertz CT molecular complexity index is 1380. The topological polar surface area (TPSA) is 123 Å². The van der Waals surface area contributed by atoms with Crippen LogP contribution in [0.15, 0.2) is 55.1 Å². The van der Waals surface area contributed by atoms with E-state index in [2.05, 4.69) is 20.8 Å². The SMILES string of the molecule is C[C@@H](N(NC(=O)OC(C)(C)C)C(=S)Nc1ccc(OC2CCCCO2)cc1)[C@](O)(Cn1cncn1)c1ccc(F)cc1F. The zero-order valence-corrected chi connectivity index (χ0v) is 25.2. The maximum atomic E-state index is 15.2. The smallest absolute Gasteiger partial charge is 0.426 e. The second-order valence-electron chi connectivity index (χ2n) is 11.2. The third kappa shape index (κ3) is 8.58. The number of halogens is 2. The first-order chi connectivity index (χ1) is 20.3. The van der Waals surface area contributed by atoms with Crippen molar-refractivity contribution in [3.05, 3.63) is 72.3 Å². The van der Waals surface area contributed by atoms with Gasteiger partial charge in [-0.2, -0.15) is 5.10 Å². The molecule has 3 aromatic rings. The molecule has 43 heavy (non-hydrogen) atoms. The van der Waals surface area contributed by atoms with Crippen molar-refractivity contribution in [2.75, 3.05) is 11.9 Å². The average Bonchev–Trinajstić information content (AvgIpc) is 3.44. The minimum atomic E-state index is -2.12. The van der Waals surface area contributed by atoms with E-state index in [-0.39, 0.29) is 23.5 Å². The van der Waals surface area contributed by atoms with E-state index >= 15 is 4.39 Å². The number of anilines is 1. The van der Waals surface area contributed by atoms with Crippen molar-refractivity contribution in [3.63, 3.8) is 0 Å². The van der Waals surface area contributed by atoms with Crippen LogP contribution in [0.5, 0.6) is 5.75 Å². The molecule has 1 aromatic heterocycles. The number of thiocarbonyl (C=S) groups is 1. The van der Waals surface area contributed by atoms with Gasteiger partial charge in [0.1, 0.15) is 41.2 Å². The summed E-state index contributed by atoms with van der Waals surface area (Å²) in [5.74, 6) is -1.21. The number of nitrogens with zero attached hydrogens (tertiary/aromatic N) is 4. The van der Waals surface area contributed by atoms with Crippen molar-refractivity contribution in [1.82, 2.24) is 25.2 Å². The second-order valence-corrected chi connectivity index (χ2v) is 11.6. The fraction of sp³-hybridized carbons (Fsp3) is 0.448. The lowest BCUT2D eigenvalue weighted by molar-refractivity contribution is -0.105. The van der Waals surface area contributed by atoms with Crippen molar-refractivity contribution >= 4 is 29.1 Å². The Labute approximate surface area is 254 Å². The van der Waals surface area contributed by atoms with Gasteiger partial charge >= 0.3 is 6.09 Å². The number of hydrazine groups is 1. The fourth-order valence-corrected chi connectivity index (χ4v) is 4.86. The Kier molecular flexibility index (Phi) is 10.1. The maximum absolute atomic E-state index is 15.2. The van der Waals surface area contributed by atoms with Gasteiger partial charge in [-0.3, -0.25) is 5.01 Å². The summed E-state index contributed by atoms with van der Waals surface area (Å²) in [6.07, 6.45) is 4.25. The van der Waals surface area contributed by atoms with Gasteiger partial charge in [0, 0.05) is 23.7 Å². The lowest BCUT2D eigenvalue weighted by atomic mass is 9.86. The Hall–Kier alpha value is -3.88. The molecule has 2 heterocycles. The summed E-state index contributed by atoms with van der Waals surface area (Å²) in [7, 11) is 0. The summed E-state index contributed by atoms with van der Waals surface area (Å²) in [6, 6.07) is 8.59. The number of hydrogen-bond donors (Lipinski definition) is 3. The minimum absolute atomic E-state index is 0.0535. The normalized spacial score (nSPS) is 17.3. The number of hydrogen-bond acceptors (Lipinski definition) is 8. The molecule has 1 fully saturated rings. The van der Waals surface area contributed by atoms with Crippen LogP contribution < -0.4 is 15.5 Å². The van der Waals surface area contributed by atoms with Gasteiger partial charge in [0.15, 0.2) is 11.4 Å². The number of aromatic nitrogens is 3. The highest BCUT2D eigenvalue weighted by Crippen LogP contribution is 2.33. The third-order valence-electron chi connectivity index (χ3n) is 6.69. The molecular weight excluding hydrogens is 582 g/mol. The van der Waals surface area contributed by atoms with Crippen molar-refractivity contribution < 1.29 is 32.9 Å². The van der Waals surface area contributed by atoms with Crippen LogP contribution >= 0.6 is 12.2 Å². The van der Waals surface area contributed by atoms with Crippen molar-refractivity contribution in [2.45, 2.75) is 77.0 Å². The number of nitrogens with one attached hydrogen (secondary N) is 2. The van der Waals surface area contributed by atoms with Crippen LogP contribution in [0.1, 0.15) is 52.5 Å². The van der Waals surface area contributed by atoms with Gasteiger partial charge in [0.05, 0.1) is 19.2 Å². The molecule has 3 atom stereocenters. The number of carbonyl (C=O) groups excluding carboxylic acids is 1. The molecule has 0 aliphatic carbocycles. The molecule has 11 nitrogen and oxygen atoms in total. The molecule has 14 heteroatoms. The van der Waals surface area contributed by atoms with Crippen molar-refractivity contribution in [1.29, 1.82) is 0 Å². The first-order valence-electron chi connectivity index (χ1n) is 13.8. The standard InChI is InChI=1S/C29H36F2N6O5S/c1-19(29(39,16-36-18-32-17-33-36)23-13-8-20(30)15-24(23)31)37(35-27(38)42-28(2,3)4)26(43)34-21-9-11-22(12-10-21)41-25-7-5-6-14-40-25/h8-13,15,17-19,25,39H,5-7,14,16H2,1-4H3,(H,34,43)(H,35,38)/t19-,25?,29-/m1/s1. The first kappa shape index (κ1) is 32.0. The lowest BCUT2D eigenvalue weighted by Gasteiger charge is -2.42. The van der Waals surface area contributed by atoms with Gasteiger partial charge in [-0.15, -0.1) is 0 Å². The maximum Gasteiger partial charge on any atom is 0.426 e. The minimum Gasteiger partial charge on any atom is -0.465 e. The average molecular weight is 619 g/mol. The van der Waals surface area contributed by atoms with Crippen LogP contribution in [0.2, 0.25) is 0 Å². The highest BCUT2D eigenvalue weighted by atomic mass is 32.1. The van der Waals surface area contributed by atoms with E-state index in [4.69, 9.17) is 26.4 Å². The van der Waals surface area contributed by atoms with Crippen LogP contribution in [-0.2, 0) is 21.6 Å². The van der Waals surface area contributed by atoms with E-state index in [1.807, 2.05) is 0 Å². The monoisotopic (exact) mass is 618 g/mol. The van der Waals surface area contributed by atoms with Gasteiger partial charge in [0.25, 0.3) is 0 Å². The number of benzene rings is 2. The third-order valence-corrected chi connectivity index (χ3v) is 6.98. The van der Waals surface area contributed by atoms with E-state index in [0.717, 1.165) is 36.4 Å². The molecule has 1 unspecified atom stereocenters. The molecule has 232 valence electrons. The molecule has 2 aromatic carbocycles. The number of amides is 1.